The molecule has 2 amide bonds. The highest BCUT2D eigenvalue weighted by molar-refractivity contribution is 7.92. The van der Waals surface area contributed by atoms with Gasteiger partial charge in [0.15, 0.2) is 0 Å². The van der Waals surface area contributed by atoms with Gasteiger partial charge in [-0.2, -0.15) is 0 Å². The van der Waals surface area contributed by atoms with E-state index in [0.717, 1.165) is 22.5 Å². The molecule has 0 spiro atoms. The Morgan fingerprint density at radius 2 is 1.70 bits per heavy atom. The largest absolute Gasteiger partial charge is 0.354 e. The van der Waals surface area contributed by atoms with Crippen molar-refractivity contribution < 1.29 is 22.4 Å². The van der Waals surface area contributed by atoms with Crippen LogP contribution in [-0.4, -0.2) is 50.5 Å². The molecular formula is C24H32FN3O4S. The molecule has 0 bridgehead atoms. The number of hydrogen-bond acceptors (Lipinski definition) is 4. The van der Waals surface area contributed by atoms with Crippen LogP contribution in [-0.2, 0) is 26.2 Å². The lowest BCUT2D eigenvalue weighted by Gasteiger charge is -2.29. The number of carbonyl (C=O) groups is 2. The molecule has 0 heterocycles. The van der Waals surface area contributed by atoms with Gasteiger partial charge in [0.1, 0.15) is 11.9 Å². The summed E-state index contributed by atoms with van der Waals surface area (Å²) in [6.45, 7) is 4.50. The van der Waals surface area contributed by atoms with Crippen molar-refractivity contribution in [2.45, 2.75) is 45.7 Å². The van der Waals surface area contributed by atoms with Gasteiger partial charge >= 0.3 is 0 Å². The number of anilines is 1. The number of benzene rings is 2. The Hall–Kier alpha value is -2.94. The quantitative estimate of drug-likeness (QED) is 0.508. The Morgan fingerprint density at radius 1 is 1.06 bits per heavy atom. The molecule has 0 radical (unpaired) electrons. The van der Waals surface area contributed by atoms with E-state index in [0.29, 0.717) is 12.2 Å². The van der Waals surface area contributed by atoms with Crippen molar-refractivity contribution in [1.82, 2.24) is 10.2 Å². The second-order valence-electron chi connectivity index (χ2n) is 7.89. The van der Waals surface area contributed by atoms with Gasteiger partial charge in [0, 0.05) is 26.1 Å². The van der Waals surface area contributed by atoms with E-state index in [-0.39, 0.29) is 37.7 Å². The zero-order valence-electron chi connectivity index (χ0n) is 19.3. The number of rotatable bonds is 12. The molecule has 2 aromatic rings. The highest BCUT2D eigenvalue weighted by atomic mass is 32.2. The summed E-state index contributed by atoms with van der Waals surface area (Å²) < 4.78 is 38.9. The zero-order valence-corrected chi connectivity index (χ0v) is 20.1. The number of nitrogens with zero attached hydrogens (tertiary/aromatic N) is 2. The van der Waals surface area contributed by atoms with Crippen molar-refractivity contribution in [3.05, 3.63) is 66.0 Å². The molecule has 2 rings (SSSR count). The summed E-state index contributed by atoms with van der Waals surface area (Å²) in [6, 6.07) is 13.9. The van der Waals surface area contributed by atoms with E-state index in [4.69, 9.17) is 0 Å². The van der Waals surface area contributed by atoms with Crippen molar-refractivity contribution >= 4 is 27.5 Å². The molecule has 0 fully saturated rings. The molecular weight excluding hydrogens is 445 g/mol. The molecule has 9 heteroatoms. The van der Waals surface area contributed by atoms with Crippen LogP contribution in [0.15, 0.2) is 54.6 Å². The Morgan fingerprint density at radius 3 is 2.27 bits per heavy atom. The molecule has 0 aliphatic heterocycles. The lowest BCUT2D eigenvalue weighted by Crippen LogP contribution is -2.47. The van der Waals surface area contributed by atoms with Gasteiger partial charge in [0.2, 0.25) is 21.8 Å². The van der Waals surface area contributed by atoms with Crippen LogP contribution in [0.2, 0.25) is 0 Å². The van der Waals surface area contributed by atoms with Gasteiger partial charge in [-0.3, -0.25) is 13.9 Å². The van der Waals surface area contributed by atoms with Gasteiger partial charge in [-0.25, -0.2) is 12.8 Å². The Labute approximate surface area is 195 Å². The summed E-state index contributed by atoms with van der Waals surface area (Å²) in [5, 5.41) is 2.82. The Balaban J connectivity index is 2.11. The molecule has 0 aromatic heterocycles. The first-order valence-corrected chi connectivity index (χ1v) is 12.8. The minimum atomic E-state index is -3.62. The maximum atomic E-state index is 13.2. The summed E-state index contributed by atoms with van der Waals surface area (Å²) in [6.07, 6.45) is 2.17. The average molecular weight is 478 g/mol. The lowest BCUT2D eigenvalue weighted by atomic mass is 10.1. The fraction of sp³-hybridized carbons (Fsp3) is 0.417. The molecule has 180 valence electrons. The third kappa shape index (κ3) is 8.16. The normalized spacial score (nSPS) is 12.1. The lowest BCUT2D eigenvalue weighted by molar-refractivity contribution is -0.140. The van der Waals surface area contributed by atoms with Crippen LogP contribution in [0.1, 0.15) is 38.7 Å². The molecule has 0 saturated heterocycles. The smallest absolute Gasteiger partial charge is 0.242 e. The first-order chi connectivity index (χ1) is 15.6. The predicted octanol–water partition coefficient (Wildman–Crippen LogP) is 3.32. The van der Waals surface area contributed by atoms with Crippen LogP contribution in [0.4, 0.5) is 10.1 Å². The standard InChI is InChI=1S/C24H32FN3O4S/c1-4-16-26-24(30)19(2)27(18-20-9-6-5-7-10-20)23(29)11-8-17-28(33(3,31)32)22-14-12-21(25)13-15-22/h5-7,9-10,12-15,19H,4,8,11,16-18H2,1-3H3,(H,26,30)/t19-/m1/s1. The van der Waals surface area contributed by atoms with E-state index >= 15 is 0 Å². The second kappa shape index (κ2) is 12.3. The number of hydrogen-bond donors (Lipinski definition) is 1. The van der Waals surface area contributed by atoms with Gasteiger partial charge in [-0.15, -0.1) is 0 Å². The Bertz CT molecular complexity index is 1010. The summed E-state index contributed by atoms with van der Waals surface area (Å²) in [4.78, 5) is 27.2. The SMILES string of the molecule is CCCNC(=O)[C@@H](C)N(Cc1ccccc1)C(=O)CCCN(c1ccc(F)cc1)S(C)(=O)=O. The maximum absolute atomic E-state index is 13.2. The minimum Gasteiger partial charge on any atom is -0.354 e. The number of halogens is 1. The van der Waals surface area contributed by atoms with E-state index in [1.807, 2.05) is 37.3 Å². The van der Waals surface area contributed by atoms with Crippen LogP contribution in [0.5, 0.6) is 0 Å². The van der Waals surface area contributed by atoms with Gasteiger partial charge in [0.05, 0.1) is 11.9 Å². The summed E-state index contributed by atoms with van der Waals surface area (Å²) in [7, 11) is -3.62. The van der Waals surface area contributed by atoms with Gasteiger partial charge in [-0.05, 0) is 49.6 Å². The Kier molecular flexibility index (Phi) is 9.84. The number of carbonyl (C=O) groups excluding carboxylic acids is 2. The molecule has 7 nitrogen and oxygen atoms in total. The zero-order chi connectivity index (χ0) is 24.4. The van der Waals surface area contributed by atoms with E-state index in [9.17, 15) is 22.4 Å². The van der Waals surface area contributed by atoms with Crippen molar-refractivity contribution in [2.24, 2.45) is 0 Å². The summed E-state index contributed by atoms with van der Waals surface area (Å²) >= 11 is 0. The molecule has 0 unspecified atom stereocenters. The molecule has 1 N–H and O–H groups in total. The average Bonchev–Trinajstić information content (AvgIpc) is 2.78. The van der Waals surface area contributed by atoms with E-state index in [1.165, 1.54) is 29.2 Å². The molecule has 2 aromatic carbocycles. The van der Waals surface area contributed by atoms with Crippen LogP contribution in [0, 0.1) is 5.82 Å². The van der Waals surface area contributed by atoms with Crippen molar-refractivity contribution in [1.29, 1.82) is 0 Å². The highest BCUT2D eigenvalue weighted by Crippen LogP contribution is 2.19. The maximum Gasteiger partial charge on any atom is 0.242 e. The topological polar surface area (TPSA) is 86.8 Å². The minimum absolute atomic E-state index is 0.0610. The van der Waals surface area contributed by atoms with Crippen molar-refractivity contribution in [2.75, 3.05) is 23.7 Å². The van der Waals surface area contributed by atoms with Gasteiger partial charge in [0.25, 0.3) is 0 Å². The fourth-order valence-electron chi connectivity index (χ4n) is 3.37. The first-order valence-electron chi connectivity index (χ1n) is 11.0. The van der Waals surface area contributed by atoms with E-state index < -0.39 is 21.9 Å². The monoisotopic (exact) mass is 477 g/mol. The molecule has 33 heavy (non-hydrogen) atoms. The second-order valence-corrected chi connectivity index (χ2v) is 9.80. The third-order valence-electron chi connectivity index (χ3n) is 5.18. The van der Waals surface area contributed by atoms with E-state index in [1.54, 1.807) is 6.92 Å². The predicted molar refractivity (Wildman–Crippen MR) is 128 cm³/mol. The molecule has 0 aliphatic carbocycles. The van der Waals surface area contributed by atoms with Crippen LogP contribution >= 0.6 is 0 Å². The highest BCUT2D eigenvalue weighted by Gasteiger charge is 2.26. The van der Waals surface area contributed by atoms with Crippen LogP contribution in [0.3, 0.4) is 0 Å². The van der Waals surface area contributed by atoms with Gasteiger partial charge in [-0.1, -0.05) is 37.3 Å². The van der Waals surface area contributed by atoms with Gasteiger partial charge < -0.3 is 10.2 Å². The number of sulfonamides is 1. The number of nitrogens with one attached hydrogen (secondary N) is 1. The molecule has 1 atom stereocenters. The van der Waals surface area contributed by atoms with Crippen LogP contribution < -0.4 is 9.62 Å². The first kappa shape index (κ1) is 26.3. The number of amides is 2. The third-order valence-corrected chi connectivity index (χ3v) is 6.37. The fourth-order valence-corrected chi connectivity index (χ4v) is 4.34. The summed E-state index contributed by atoms with van der Waals surface area (Å²) in [5.41, 5.74) is 1.23. The van der Waals surface area contributed by atoms with E-state index in [2.05, 4.69) is 5.32 Å². The van der Waals surface area contributed by atoms with Crippen molar-refractivity contribution in [3.63, 3.8) is 0 Å². The van der Waals surface area contributed by atoms with Crippen LogP contribution in [0.25, 0.3) is 0 Å². The van der Waals surface area contributed by atoms with Crippen molar-refractivity contribution in [3.8, 4) is 0 Å². The molecule has 0 saturated carbocycles. The molecule has 0 aliphatic rings. The summed E-state index contributed by atoms with van der Waals surface area (Å²) in [5.74, 6) is -0.940.